The number of rotatable bonds is 3. The lowest BCUT2D eigenvalue weighted by atomic mass is 10.0. The molecule has 2 aromatic rings. The summed E-state index contributed by atoms with van der Waals surface area (Å²) in [7, 11) is 0. The molecule has 1 aliphatic heterocycles. The number of nitrogens with zero attached hydrogens (tertiary/aromatic N) is 1. The smallest absolute Gasteiger partial charge is 0.256 e. The molecule has 1 heterocycles. The second-order valence-corrected chi connectivity index (χ2v) is 6.28. The minimum absolute atomic E-state index is 0.128. The Morgan fingerprint density at radius 3 is 2.30 bits per heavy atom. The van der Waals surface area contributed by atoms with Crippen molar-refractivity contribution < 1.29 is 27.9 Å². The number of halogens is 3. The molecule has 0 radical (unpaired) electrons. The van der Waals surface area contributed by atoms with E-state index in [1.165, 1.54) is 17.0 Å². The fourth-order valence-electron chi connectivity index (χ4n) is 3.02. The molecule has 2 amide bonds. The van der Waals surface area contributed by atoms with E-state index in [2.05, 4.69) is 5.32 Å². The summed E-state index contributed by atoms with van der Waals surface area (Å²) in [5.41, 5.74) is -0.370. The first-order chi connectivity index (χ1) is 12.9. The number of phenolic OH excluding ortho intramolecular Hbond substituents is 1. The number of likely N-dealkylation sites (tertiary alicyclic amines) is 1. The Balaban J connectivity index is 1.61. The highest BCUT2D eigenvalue weighted by Crippen LogP contribution is 2.21. The van der Waals surface area contributed by atoms with Gasteiger partial charge in [-0.2, -0.15) is 0 Å². The van der Waals surface area contributed by atoms with Crippen molar-refractivity contribution in [1.82, 2.24) is 10.2 Å². The molecule has 1 saturated heterocycles. The fraction of sp³-hybridized carbons (Fsp3) is 0.263. The minimum Gasteiger partial charge on any atom is -0.507 e. The van der Waals surface area contributed by atoms with Crippen LogP contribution in [0.15, 0.2) is 36.4 Å². The van der Waals surface area contributed by atoms with E-state index in [9.17, 15) is 27.9 Å². The Kier molecular flexibility index (Phi) is 5.34. The number of hydrogen-bond acceptors (Lipinski definition) is 3. The standard InChI is InChI=1S/C19H17F3N2O3/c20-14-6-5-13(16(21)17(14)22)19(27)24-9-7-11(8-10-24)23-18(26)12-3-1-2-4-15(12)25/h1-6,11,25H,7-10H2,(H,23,26). The van der Waals surface area contributed by atoms with Crippen molar-refractivity contribution >= 4 is 11.8 Å². The number of nitrogens with one attached hydrogen (secondary N) is 1. The molecule has 142 valence electrons. The molecule has 0 unspecified atom stereocenters. The Labute approximate surface area is 153 Å². The van der Waals surface area contributed by atoms with E-state index >= 15 is 0 Å². The number of carbonyl (C=O) groups is 2. The van der Waals surface area contributed by atoms with Crippen LogP contribution in [0.2, 0.25) is 0 Å². The van der Waals surface area contributed by atoms with E-state index in [1.807, 2.05) is 0 Å². The van der Waals surface area contributed by atoms with Crippen LogP contribution in [0.3, 0.4) is 0 Å². The maximum absolute atomic E-state index is 13.8. The van der Waals surface area contributed by atoms with E-state index in [-0.39, 0.29) is 30.4 Å². The van der Waals surface area contributed by atoms with Gasteiger partial charge in [0, 0.05) is 19.1 Å². The van der Waals surface area contributed by atoms with Gasteiger partial charge in [0.2, 0.25) is 0 Å². The van der Waals surface area contributed by atoms with Gasteiger partial charge in [0.15, 0.2) is 17.5 Å². The third kappa shape index (κ3) is 3.89. The van der Waals surface area contributed by atoms with Gasteiger partial charge in [-0.05, 0) is 37.1 Å². The molecule has 0 spiro atoms. The highest BCUT2D eigenvalue weighted by Gasteiger charge is 2.28. The third-order valence-electron chi connectivity index (χ3n) is 4.53. The quantitative estimate of drug-likeness (QED) is 0.807. The largest absolute Gasteiger partial charge is 0.507 e. The lowest BCUT2D eigenvalue weighted by molar-refractivity contribution is 0.0692. The van der Waals surface area contributed by atoms with Gasteiger partial charge < -0.3 is 15.3 Å². The van der Waals surface area contributed by atoms with Gasteiger partial charge in [-0.1, -0.05) is 12.1 Å². The van der Waals surface area contributed by atoms with Gasteiger partial charge >= 0.3 is 0 Å². The monoisotopic (exact) mass is 378 g/mol. The van der Waals surface area contributed by atoms with Gasteiger partial charge in [-0.15, -0.1) is 0 Å². The summed E-state index contributed by atoms with van der Waals surface area (Å²) in [6, 6.07) is 7.55. The molecule has 5 nitrogen and oxygen atoms in total. The number of para-hydroxylation sites is 1. The summed E-state index contributed by atoms with van der Waals surface area (Å²) in [6.45, 7) is 0.450. The van der Waals surface area contributed by atoms with Crippen molar-refractivity contribution in [3.05, 3.63) is 65.0 Å². The molecule has 1 fully saturated rings. The summed E-state index contributed by atoms with van der Waals surface area (Å²) in [6.07, 6.45) is 0.826. The first-order valence-corrected chi connectivity index (χ1v) is 8.40. The van der Waals surface area contributed by atoms with Crippen LogP contribution in [0.5, 0.6) is 5.75 Å². The molecular formula is C19H17F3N2O3. The predicted octanol–water partition coefficient (Wildman–Crippen LogP) is 2.84. The Morgan fingerprint density at radius 1 is 0.963 bits per heavy atom. The average Bonchev–Trinajstić information content (AvgIpc) is 2.66. The van der Waals surface area contributed by atoms with E-state index < -0.39 is 34.8 Å². The number of benzene rings is 2. The van der Waals surface area contributed by atoms with Gasteiger partial charge in [-0.25, -0.2) is 13.2 Å². The SMILES string of the molecule is O=C(NC1CCN(C(=O)c2ccc(F)c(F)c2F)CC1)c1ccccc1O. The van der Waals surface area contributed by atoms with Crippen LogP contribution in [0.4, 0.5) is 13.2 Å². The molecule has 0 aliphatic carbocycles. The maximum atomic E-state index is 13.8. The molecule has 0 saturated carbocycles. The molecular weight excluding hydrogens is 361 g/mol. The van der Waals surface area contributed by atoms with Crippen LogP contribution in [-0.2, 0) is 0 Å². The lowest BCUT2D eigenvalue weighted by Crippen LogP contribution is -2.46. The van der Waals surface area contributed by atoms with Crippen molar-refractivity contribution in [1.29, 1.82) is 0 Å². The molecule has 3 rings (SSSR count). The lowest BCUT2D eigenvalue weighted by Gasteiger charge is -2.32. The van der Waals surface area contributed by atoms with E-state index in [1.54, 1.807) is 12.1 Å². The Bertz CT molecular complexity index is 880. The molecule has 27 heavy (non-hydrogen) atoms. The van der Waals surface area contributed by atoms with Crippen LogP contribution in [0.25, 0.3) is 0 Å². The fourth-order valence-corrected chi connectivity index (χ4v) is 3.02. The van der Waals surface area contributed by atoms with Crippen LogP contribution < -0.4 is 5.32 Å². The van der Waals surface area contributed by atoms with Gasteiger partial charge in [0.25, 0.3) is 11.8 Å². The number of phenols is 1. The zero-order chi connectivity index (χ0) is 19.6. The van der Waals surface area contributed by atoms with Crippen LogP contribution in [0, 0.1) is 17.5 Å². The predicted molar refractivity (Wildman–Crippen MR) is 90.8 cm³/mol. The third-order valence-corrected chi connectivity index (χ3v) is 4.53. The van der Waals surface area contributed by atoms with Crippen LogP contribution >= 0.6 is 0 Å². The summed E-state index contributed by atoms with van der Waals surface area (Å²) in [5.74, 6) is -5.81. The molecule has 0 aromatic heterocycles. The number of amides is 2. The number of aromatic hydroxyl groups is 1. The summed E-state index contributed by atoms with van der Waals surface area (Å²) >= 11 is 0. The van der Waals surface area contributed by atoms with E-state index in [0.717, 1.165) is 6.07 Å². The Morgan fingerprint density at radius 2 is 1.63 bits per heavy atom. The average molecular weight is 378 g/mol. The second-order valence-electron chi connectivity index (χ2n) is 6.28. The van der Waals surface area contributed by atoms with Crippen molar-refractivity contribution in [3.8, 4) is 5.75 Å². The van der Waals surface area contributed by atoms with Crippen LogP contribution in [0.1, 0.15) is 33.6 Å². The molecule has 2 N–H and O–H groups in total. The summed E-state index contributed by atoms with van der Waals surface area (Å²) < 4.78 is 40.1. The molecule has 2 aromatic carbocycles. The van der Waals surface area contributed by atoms with Gasteiger partial charge in [-0.3, -0.25) is 9.59 Å². The number of hydrogen-bond donors (Lipinski definition) is 2. The van der Waals surface area contributed by atoms with Crippen molar-refractivity contribution in [3.63, 3.8) is 0 Å². The summed E-state index contributed by atoms with van der Waals surface area (Å²) in [4.78, 5) is 25.9. The molecule has 0 atom stereocenters. The topological polar surface area (TPSA) is 69.6 Å². The Hall–Kier alpha value is -3.03. The first-order valence-electron chi connectivity index (χ1n) is 8.40. The number of piperidine rings is 1. The van der Waals surface area contributed by atoms with Crippen molar-refractivity contribution in [2.45, 2.75) is 18.9 Å². The molecule has 0 bridgehead atoms. The summed E-state index contributed by atoms with van der Waals surface area (Å²) in [5, 5.41) is 12.5. The molecule has 8 heteroatoms. The zero-order valence-corrected chi connectivity index (χ0v) is 14.2. The minimum atomic E-state index is -1.68. The van der Waals surface area contributed by atoms with Crippen molar-refractivity contribution in [2.24, 2.45) is 0 Å². The first kappa shape index (κ1) is 18.8. The normalized spacial score (nSPS) is 14.9. The number of carbonyl (C=O) groups excluding carboxylic acids is 2. The highest BCUT2D eigenvalue weighted by molar-refractivity contribution is 5.97. The zero-order valence-electron chi connectivity index (χ0n) is 14.2. The van der Waals surface area contributed by atoms with Gasteiger partial charge in [0.1, 0.15) is 5.75 Å². The van der Waals surface area contributed by atoms with Crippen molar-refractivity contribution in [2.75, 3.05) is 13.1 Å². The van der Waals surface area contributed by atoms with Crippen LogP contribution in [-0.4, -0.2) is 41.0 Å². The van der Waals surface area contributed by atoms with E-state index in [4.69, 9.17) is 0 Å². The second kappa shape index (κ2) is 7.69. The molecule has 1 aliphatic rings. The van der Waals surface area contributed by atoms with E-state index in [0.29, 0.717) is 18.9 Å². The highest BCUT2D eigenvalue weighted by atomic mass is 19.2. The van der Waals surface area contributed by atoms with Gasteiger partial charge in [0.05, 0.1) is 11.1 Å². The maximum Gasteiger partial charge on any atom is 0.256 e.